The lowest BCUT2D eigenvalue weighted by Gasteiger charge is -2.13. The zero-order valence-corrected chi connectivity index (χ0v) is 15.6. The van der Waals surface area contributed by atoms with Crippen LogP contribution in [0.4, 0.5) is 0 Å². The Morgan fingerprint density at radius 3 is 2.12 bits per heavy atom. The van der Waals surface area contributed by atoms with Crippen LogP contribution in [-0.4, -0.2) is 33.7 Å². The number of ketones is 1. The van der Waals surface area contributed by atoms with Crippen LogP contribution in [0, 0.1) is 5.92 Å². The average molecular weight is 356 g/mol. The van der Waals surface area contributed by atoms with Crippen molar-refractivity contribution in [3.63, 3.8) is 0 Å². The highest BCUT2D eigenvalue weighted by molar-refractivity contribution is 6.01. The van der Waals surface area contributed by atoms with Gasteiger partial charge < -0.3 is 18.9 Å². The molecule has 1 saturated carbocycles. The van der Waals surface area contributed by atoms with Crippen molar-refractivity contribution in [1.82, 2.24) is 0 Å². The maximum atomic E-state index is 12.9. The summed E-state index contributed by atoms with van der Waals surface area (Å²) in [6, 6.07) is 11.4. The Bertz CT molecular complexity index is 756. The number of ether oxygens (including phenoxy) is 4. The van der Waals surface area contributed by atoms with Crippen molar-refractivity contribution in [1.29, 1.82) is 0 Å². The zero-order valence-electron chi connectivity index (χ0n) is 15.6. The Labute approximate surface area is 153 Å². The second kappa shape index (κ2) is 7.68. The molecule has 1 aliphatic carbocycles. The van der Waals surface area contributed by atoms with Crippen molar-refractivity contribution < 1.29 is 23.7 Å². The lowest BCUT2D eigenvalue weighted by Crippen LogP contribution is -2.05. The van der Waals surface area contributed by atoms with Crippen molar-refractivity contribution >= 4 is 5.78 Å². The van der Waals surface area contributed by atoms with Gasteiger partial charge in [0.1, 0.15) is 5.75 Å². The van der Waals surface area contributed by atoms with E-state index in [0.29, 0.717) is 29.4 Å². The first kappa shape index (κ1) is 18.1. The topological polar surface area (TPSA) is 54.0 Å². The van der Waals surface area contributed by atoms with Gasteiger partial charge in [-0.1, -0.05) is 12.1 Å². The first-order valence-electron chi connectivity index (χ1n) is 8.69. The van der Waals surface area contributed by atoms with Gasteiger partial charge in [-0.05, 0) is 49.1 Å². The number of benzene rings is 2. The van der Waals surface area contributed by atoms with E-state index < -0.39 is 0 Å². The molecule has 0 N–H and O–H groups in total. The molecule has 5 nitrogen and oxygen atoms in total. The van der Waals surface area contributed by atoms with Crippen LogP contribution >= 0.6 is 0 Å². The molecule has 0 heterocycles. The molecule has 0 aromatic heterocycles. The first-order valence-corrected chi connectivity index (χ1v) is 8.69. The number of Topliss-reactive ketones (excluding diaryl/α,β-unsaturated/α-hetero) is 1. The fourth-order valence-corrected chi connectivity index (χ4v) is 3.27. The number of methoxy groups -OCH3 is 3. The standard InChI is InChI=1S/C21H24O5/c1-5-26-15-8-6-13(7-9-15)16-12-17(16)20(22)14-10-18(23-2)21(25-4)19(11-14)24-3/h6-11,16-17H,5,12H2,1-4H3. The fraction of sp³-hybridized carbons (Fsp3) is 0.381. The number of rotatable bonds is 8. The number of hydrogen-bond acceptors (Lipinski definition) is 5. The molecule has 0 amide bonds. The molecule has 0 saturated heterocycles. The summed E-state index contributed by atoms with van der Waals surface area (Å²) >= 11 is 0. The van der Waals surface area contributed by atoms with Crippen LogP contribution in [0.3, 0.4) is 0 Å². The molecule has 26 heavy (non-hydrogen) atoms. The van der Waals surface area contributed by atoms with E-state index in [4.69, 9.17) is 18.9 Å². The molecule has 0 bridgehead atoms. The molecular weight excluding hydrogens is 332 g/mol. The van der Waals surface area contributed by atoms with E-state index in [1.807, 2.05) is 31.2 Å². The Balaban J connectivity index is 1.78. The first-order chi connectivity index (χ1) is 12.6. The van der Waals surface area contributed by atoms with Gasteiger partial charge in [0.25, 0.3) is 0 Å². The molecule has 2 aromatic carbocycles. The Morgan fingerprint density at radius 1 is 1.00 bits per heavy atom. The van der Waals surface area contributed by atoms with Gasteiger partial charge in [0.15, 0.2) is 17.3 Å². The summed E-state index contributed by atoms with van der Waals surface area (Å²) in [5.74, 6) is 2.66. The molecule has 3 rings (SSSR count). The van der Waals surface area contributed by atoms with Gasteiger partial charge in [-0.25, -0.2) is 0 Å². The van der Waals surface area contributed by atoms with Gasteiger partial charge in [-0.3, -0.25) is 4.79 Å². The van der Waals surface area contributed by atoms with E-state index in [2.05, 4.69) is 0 Å². The SMILES string of the molecule is CCOc1ccc(C2CC2C(=O)c2cc(OC)c(OC)c(OC)c2)cc1. The smallest absolute Gasteiger partial charge is 0.203 e. The normalized spacial score (nSPS) is 18.2. The molecule has 1 fully saturated rings. The quantitative estimate of drug-likeness (QED) is 0.667. The molecule has 138 valence electrons. The van der Waals surface area contributed by atoms with Gasteiger partial charge >= 0.3 is 0 Å². The van der Waals surface area contributed by atoms with E-state index in [9.17, 15) is 4.79 Å². The molecule has 0 spiro atoms. The highest BCUT2D eigenvalue weighted by Crippen LogP contribution is 2.50. The van der Waals surface area contributed by atoms with Crippen molar-refractivity contribution in [3.8, 4) is 23.0 Å². The lowest BCUT2D eigenvalue weighted by atomic mass is 10.0. The predicted octanol–water partition coefficient (Wildman–Crippen LogP) is 4.10. The minimum Gasteiger partial charge on any atom is -0.494 e. The van der Waals surface area contributed by atoms with Crippen LogP contribution in [0.15, 0.2) is 36.4 Å². The molecule has 1 aliphatic rings. The molecule has 0 radical (unpaired) electrons. The number of hydrogen-bond donors (Lipinski definition) is 0. The van der Waals surface area contributed by atoms with E-state index in [1.54, 1.807) is 33.5 Å². The van der Waals surface area contributed by atoms with Crippen molar-refractivity contribution in [2.75, 3.05) is 27.9 Å². The third-order valence-electron chi connectivity index (χ3n) is 4.70. The minimum absolute atomic E-state index is 0.0178. The van der Waals surface area contributed by atoms with Crippen molar-refractivity contribution in [2.24, 2.45) is 5.92 Å². The second-order valence-electron chi connectivity index (χ2n) is 6.23. The summed E-state index contributed by atoms with van der Waals surface area (Å²) in [5.41, 5.74) is 1.75. The van der Waals surface area contributed by atoms with E-state index in [0.717, 1.165) is 12.2 Å². The van der Waals surface area contributed by atoms with Crippen LogP contribution in [0.25, 0.3) is 0 Å². The Hall–Kier alpha value is -2.69. The maximum absolute atomic E-state index is 12.9. The van der Waals surface area contributed by atoms with Crippen molar-refractivity contribution in [2.45, 2.75) is 19.3 Å². The van der Waals surface area contributed by atoms with Gasteiger partial charge in [0, 0.05) is 11.5 Å². The van der Waals surface area contributed by atoms with E-state index >= 15 is 0 Å². The van der Waals surface area contributed by atoms with Crippen LogP contribution in [-0.2, 0) is 0 Å². The maximum Gasteiger partial charge on any atom is 0.203 e. The highest BCUT2D eigenvalue weighted by atomic mass is 16.5. The summed E-state index contributed by atoms with van der Waals surface area (Å²) in [5, 5.41) is 0. The van der Waals surface area contributed by atoms with Gasteiger partial charge in [-0.15, -0.1) is 0 Å². The third kappa shape index (κ3) is 3.47. The second-order valence-corrected chi connectivity index (χ2v) is 6.23. The number of carbonyl (C=O) groups is 1. The largest absolute Gasteiger partial charge is 0.494 e. The van der Waals surface area contributed by atoms with Crippen LogP contribution in [0.5, 0.6) is 23.0 Å². The summed E-state index contributed by atoms with van der Waals surface area (Å²) in [7, 11) is 4.64. The zero-order chi connectivity index (χ0) is 18.7. The minimum atomic E-state index is -0.0178. The van der Waals surface area contributed by atoms with Gasteiger partial charge in [0.05, 0.1) is 27.9 Å². The van der Waals surface area contributed by atoms with Gasteiger partial charge in [0.2, 0.25) is 5.75 Å². The summed E-state index contributed by atoms with van der Waals surface area (Å²) < 4.78 is 21.5. The molecule has 2 aromatic rings. The Kier molecular flexibility index (Phi) is 5.35. The molecule has 2 atom stereocenters. The summed E-state index contributed by atoms with van der Waals surface area (Å²) in [6.45, 7) is 2.60. The Morgan fingerprint density at radius 2 is 1.62 bits per heavy atom. The number of carbonyl (C=O) groups excluding carboxylic acids is 1. The third-order valence-corrected chi connectivity index (χ3v) is 4.70. The predicted molar refractivity (Wildman–Crippen MR) is 98.9 cm³/mol. The highest BCUT2D eigenvalue weighted by Gasteiger charge is 2.44. The molecule has 0 aliphatic heterocycles. The summed E-state index contributed by atoms with van der Waals surface area (Å²) in [4.78, 5) is 12.9. The summed E-state index contributed by atoms with van der Waals surface area (Å²) in [6.07, 6.45) is 0.851. The fourth-order valence-electron chi connectivity index (χ4n) is 3.27. The lowest BCUT2D eigenvalue weighted by molar-refractivity contribution is 0.0964. The average Bonchev–Trinajstić information content (AvgIpc) is 3.47. The molecular formula is C21H24O5. The molecule has 2 unspecified atom stereocenters. The van der Waals surface area contributed by atoms with Gasteiger partial charge in [-0.2, -0.15) is 0 Å². The van der Waals surface area contributed by atoms with E-state index in [-0.39, 0.29) is 17.6 Å². The van der Waals surface area contributed by atoms with Crippen molar-refractivity contribution in [3.05, 3.63) is 47.5 Å². The van der Waals surface area contributed by atoms with Crippen LogP contribution in [0.1, 0.15) is 35.2 Å². The van der Waals surface area contributed by atoms with Crippen LogP contribution in [0.2, 0.25) is 0 Å². The van der Waals surface area contributed by atoms with Crippen LogP contribution < -0.4 is 18.9 Å². The van der Waals surface area contributed by atoms with E-state index in [1.165, 1.54) is 5.56 Å². The molecule has 5 heteroatoms. The monoisotopic (exact) mass is 356 g/mol.